The fourth-order valence-electron chi connectivity index (χ4n) is 3.24. The van der Waals surface area contributed by atoms with Crippen molar-refractivity contribution in [3.05, 3.63) is 65.2 Å². The summed E-state index contributed by atoms with van der Waals surface area (Å²) in [4.78, 5) is 26.0. The van der Waals surface area contributed by atoms with E-state index >= 15 is 0 Å². The zero-order valence-electron chi connectivity index (χ0n) is 17.6. The molecule has 0 aromatic heterocycles. The molecule has 1 fully saturated rings. The molecule has 31 heavy (non-hydrogen) atoms. The molecule has 0 unspecified atom stereocenters. The van der Waals surface area contributed by atoms with Crippen LogP contribution in [0.1, 0.15) is 21.5 Å². The van der Waals surface area contributed by atoms with Gasteiger partial charge in [0, 0.05) is 31.9 Å². The van der Waals surface area contributed by atoms with Crippen molar-refractivity contribution in [2.75, 3.05) is 39.0 Å². The minimum absolute atomic E-state index is 0.00330. The van der Waals surface area contributed by atoms with E-state index in [2.05, 4.69) is 4.74 Å². The van der Waals surface area contributed by atoms with Gasteiger partial charge in [0.05, 0.1) is 23.3 Å². The van der Waals surface area contributed by atoms with E-state index in [0.717, 1.165) is 11.1 Å². The highest BCUT2D eigenvalue weighted by molar-refractivity contribution is 7.99. The third-order valence-corrected chi connectivity index (χ3v) is 8.02. The van der Waals surface area contributed by atoms with E-state index in [1.165, 1.54) is 23.2 Å². The van der Waals surface area contributed by atoms with Gasteiger partial charge in [0.25, 0.3) is 0 Å². The molecule has 0 saturated carbocycles. The lowest BCUT2D eigenvalue weighted by Gasteiger charge is -2.34. The molecule has 0 radical (unpaired) electrons. The predicted octanol–water partition coefficient (Wildman–Crippen LogP) is 2.55. The van der Waals surface area contributed by atoms with Crippen LogP contribution in [0.15, 0.2) is 53.4 Å². The third-order valence-electron chi connectivity index (χ3n) is 5.12. The molecule has 0 bridgehead atoms. The molecule has 0 atom stereocenters. The molecule has 1 saturated heterocycles. The molecule has 0 spiro atoms. The number of hydrogen-bond donors (Lipinski definition) is 0. The number of benzene rings is 2. The van der Waals surface area contributed by atoms with Crippen LogP contribution in [0.25, 0.3) is 0 Å². The van der Waals surface area contributed by atoms with Crippen molar-refractivity contribution in [2.45, 2.75) is 17.6 Å². The molecule has 1 aliphatic heterocycles. The smallest absolute Gasteiger partial charge is 0.337 e. The van der Waals surface area contributed by atoms with Crippen molar-refractivity contribution in [3.8, 4) is 0 Å². The molecule has 3 rings (SSSR count). The van der Waals surface area contributed by atoms with Crippen LogP contribution in [0, 0.1) is 6.92 Å². The van der Waals surface area contributed by atoms with Crippen LogP contribution < -0.4 is 0 Å². The minimum Gasteiger partial charge on any atom is -0.465 e. The predicted molar refractivity (Wildman–Crippen MR) is 120 cm³/mol. The summed E-state index contributed by atoms with van der Waals surface area (Å²) >= 11 is 1.49. The summed E-state index contributed by atoms with van der Waals surface area (Å²) in [7, 11) is -2.19. The van der Waals surface area contributed by atoms with Crippen molar-refractivity contribution in [2.24, 2.45) is 0 Å². The summed E-state index contributed by atoms with van der Waals surface area (Å²) in [6.07, 6.45) is 0. The zero-order valence-corrected chi connectivity index (χ0v) is 19.2. The van der Waals surface area contributed by atoms with Crippen molar-refractivity contribution < 1.29 is 22.7 Å². The summed E-state index contributed by atoms with van der Waals surface area (Å²) in [6, 6.07) is 13.9. The number of piperazine rings is 1. The number of nitrogens with zero attached hydrogens (tertiary/aromatic N) is 2. The SMILES string of the molecule is COC(=O)c1ccc(CSCC(=O)N2CCN(S(=O)(=O)c3ccc(C)cc3)CC2)cc1. The zero-order chi connectivity index (χ0) is 22.4. The normalized spacial score (nSPS) is 15.0. The molecule has 0 aliphatic carbocycles. The van der Waals surface area contributed by atoms with Gasteiger partial charge in [-0.1, -0.05) is 29.8 Å². The number of sulfonamides is 1. The van der Waals surface area contributed by atoms with Gasteiger partial charge in [0.1, 0.15) is 0 Å². The average Bonchev–Trinajstić information content (AvgIpc) is 2.79. The Hall–Kier alpha value is -2.36. The lowest BCUT2D eigenvalue weighted by molar-refractivity contribution is -0.129. The highest BCUT2D eigenvalue weighted by Crippen LogP contribution is 2.19. The fourth-order valence-corrected chi connectivity index (χ4v) is 5.55. The van der Waals surface area contributed by atoms with E-state index in [0.29, 0.717) is 43.2 Å². The number of thioether (sulfide) groups is 1. The molecule has 1 aliphatic rings. The molecular weight excluding hydrogens is 436 g/mol. The molecule has 166 valence electrons. The summed E-state index contributed by atoms with van der Waals surface area (Å²) < 4.78 is 31.7. The molecule has 9 heteroatoms. The number of carbonyl (C=O) groups excluding carboxylic acids is 2. The first-order chi connectivity index (χ1) is 14.8. The van der Waals surface area contributed by atoms with Crippen molar-refractivity contribution in [1.29, 1.82) is 0 Å². The molecule has 2 aromatic rings. The van der Waals surface area contributed by atoms with Gasteiger partial charge in [-0.3, -0.25) is 4.79 Å². The standard InChI is InChI=1S/C22H26N2O5S2/c1-17-3-9-20(10-4-17)31(27,28)24-13-11-23(12-14-24)21(25)16-30-15-18-5-7-19(8-6-18)22(26)29-2/h3-10H,11-16H2,1-2H3. The number of rotatable bonds is 7. The maximum absolute atomic E-state index is 12.8. The highest BCUT2D eigenvalue weighted by atomic mass is 32.2. The number of methoxy groups -OCH3 is 1. The number of esters is 1. The first-order valence-electron chi connectivity index (χ1n) is 9.91. The summed E-state index contributed by atoms with van der Waals surface area (Å²) in [5.74, 6) is 0.597. The Morgan fingerprint density at radius 2 is 1.58 bits per heavy atom. The quantitative estimate of drug-likeness (QED) is 0.588. The number of ether oxygens (including phenoxy) is 1. The molecular formula is C22H26N2O5S2. The van der Waals surface area contributed by atoms with Crippen LogP contribution in [0.3, 0.4) is 0 Å². The van der Waals surface area contributed by atoms with E-state index in [1.54, 1.807) is 41.3 Å². The van der Waals surface area contributed by atoms with Crippen LogP contribution in [-0.4, -0.2) is 68.5 Å². The third kappa shape index (κ3) is 5.87. The number of amides is 1. The molecule has 1 amide bonds. The second-order valence-electron chi connectivity index (χ2n) is 7.28. The molecule has 0 N–H and O–H groups in total. The number of hydrogen-bond acceptors (Lipinski definition) is 6. The van der Waals surface area contributed by atoms with Crippen LogP contribution in [-0.2, 0) is 25.3 Å². The molecule has 2 aromatic carbocycles. The monoisotopic (exact) mass is 462 g/mol. The van der Waals surface area contributed by atoms with Crippen molar-refractivity contribution in [3.63, 3.8) is 0 Å². The summed E-state index contributed by atoms with van der Waals surface area (Å²) in [5.41, 5.74) is 2.51. The van der Waals surface area contributed by atoms with Crippen LogP contribution in [0.4, 0.5) is 0 Å². The number of aryl methyl sites for hydroxylation is 1. The van der Waals surface area contributed by atoms with E-state index in [1.807, 2.05) is 19.1 Å². The van der Waals surface area contributed by atoms with Crippen LogP contribution >= 0.6 is 11.8 Å². The van der Waals surface area contributed by atoms with E-state index in [9.17, 15) is 18.0 Å². The maximum atomic E-state index is 12.8. The van der Waals surface area contributed by atoms with Gasteiger partial charge in [0.15, 0.2) is 0 Å². The van der Waals surface area contributed by atoms with Gasteiger partial charge in [-0.05, 0) is 36.8 Å². The Kier molecular flexibility index (Phi) is 7.74. The topological polar surface area (TPSA) is 84.0 Å². The summed E-state index contributed by atoms with van der Waals surface area (Å²) in [5, 5.41) is 0. The lowest BCUT2D eigenvalue weighted by Crippen LogP contribution is -2.50. The van der Waals surface area contributed by atoms with E-state index in [-0.39, 0.29) is 16.8 Å². The van der Waals surface area contributed by atoms with Crippen molar-refractivity contribution in [1.82, 2.24) is 9.21 Å². The largest absolute Gasteiger partial charge is 0.465 e. The number of carbonyl (C=O) groups is 2. The summed E-state index contributed by atoms with van der Waals surface area (Å²) in [6.45, 7) is 3.27. The Balaban J connectivity index is 1.46. The van der Waals surface area contributed by atoms with Gasteiger partial charge >= 0.3 is 5.97 Å². The van der Waals surface area contributed by atoms with Crippen molar-refractivity contribution >= 4 is 33.7 Å². The Bertz CT molecular complexity index is 1010. The Labute approximate surface area is 187 Å². The van der Waals surface area contributed by atoms with Gasteiger partial charge < -0.3 is 9.64 Å². The molecule has 7 nitrogen and oxygen atoms in total. The Morgan fingerprint density at radius 3 is 2.16 bits per heavy atom. The molecule has 1 heterocycles. The van der Waals surface area contributed by atoms with E-state index in [4.69, 9.17) is 0 Å². The second-order valence-corrected chi connectivity index (χ2v) is 10.2. The maximum Gasteiger partial charge on any atom is 0.337 e. The van der Waals surface area contributed by atoms with Gasteiger partial charge in [-0.2, -0.15) is 4.31 Å². The highest BCUT2D eigenvalue weighted by Gasteiger charge is 2.29. The first kappa shape index (κ1) is 23.3. The van der Waals surface area contributed by atoms with Crippen LogP contribution in [0.2, 0.25) is 0 Å². The minimum atomic E-state index is -3.54. The second kappa shape index (κ2) is 10.3. The fraction of sp³-hybridized carbons (Fsp3) is 0.364. The lowest BCUT2D eigenvalue weighted by atomic mass is 10.1. The van der Waals surface area contributed by atoms with E-state index < -0.39 is 10.0 Å². The van der Waals surface area contributed by atoms with Crippen LogP contribution in [0.5, 0.6) is 0 Å². The Morgan fingerprint density at radius 1 is 0.968 bits per heavy atom. The van der Waals surface area contributed by atoms with Gasteiger partial charge in [0.2, 0.25) is 15.9 Å². The van der Waals surface area contributed by atoms with Gasteiger partial charge in [-0.25, -0.2) is 13.2 Å². The average molecular weight is 463 g/mol. The first-order valence-corrected chi connectivity index (χ1v) is 12.5. The van der Waals surface area contributed by atoms with Gasteiger partial charge in [-0.15, -0.1) is 11.8 Å².